The highest BCUT2D eigenvalue weighted by Crippen LogP contribution is 2.37. The van der Waals surface area contributed by atoms with Crippen LogP contribution in [0.2, 0.25) is 0 Å². The summed E-state index contributed by atoms with van der Waals surface area (Å²) >= 11 is 0. The molecule has 0 heterocycles. The molecule has 0 N–H and O–H groups in total. The van der Waals surface area contributed by atoms with Crippen molar-refractivity contribution in [1.29, 1.82) is 0 Å². The predicted octanol–water partition coefficient (Wildman–Crippen LogP) is 7.94. The van der Waals surface area contributed by atoms with Gasteiger partial charge in [0, 0.05) is 0 Å². The molecule has 2 aromatic carbocycles. The second-order valence-electron chi connectivity index (χ2n) is 8.96. The second-order valence-corrected chi connectivity index (χ2v) is 8.96. The molecular formula is C28H38O3. The maximum atomic E-state index is 12.4. The lowest BCUT2D eigenvalue weighted by molar-refractivity contribution is 0.0734. The van der Waals surface area contributed by atoms with E-state index in [1.54, 1.807) is 31.4 Å². The summed E-state index contributed by atoms with van der Waals surface area (Å²) in [6.45, 7) is 2.28. The minimum Gasteiger partial charge on any atom is -0.497 e. The number of esters is 1. The molecule has 0 unspecified atom stereocenters. The molecule has 0 aromatic heterocycles. The SMILES string of the molecule is CCCCCCCCC1CCC(c2ccc(C(=O)Oc3ccc(OC)cc3)cc2)CC1. The third kappa shape index (κ3) is 7.41. The van der Waals surface area contributed by atoms with Gasteiger partial charge < -0.3 is 9.47 Å². The lowest BCUT2D eigenvalue weighted by Gasteiger charge is -2.29. The number of ether oxygens (including phenoxy) is 2. The van der Waals surface area contributed by atoms with Gasteiger partial charge in [0.2, 0.25) is 0 Å². The highest BCUT2D eigenvalue weighted by molar-refractivity contribution is 5.91. The zero-order valence-electron chi connectivity index (χ0n) is 19.3. The van der Waals surface area contributed by atoms with Gasteiger partial charge in [-0.1, -0.05) is 64.0 Å². The maximum absolute atomic E-state index is 12.4. The van der Waals surface area contributed by atoms with Crippen molar-refractivity contribution in [3.05, 3.63) is 59.7 Å². The first kappa shape index (κ1) is 23.4. The molecule has 0 bridgehead atoms. The predicted molar refractivity (Wildman–Crippen MR) is 127 cm³/mol. The average molecular weight is 423 g/mol. The van der Waals surface area contributed by atoms with E-state index in [0.717, 1.165) is 11.7 Å². The van der Waals surface area contributed by atoms with Crippen molar-refractivity contribution in [3.63, 3.8) is 0 Å². The van der Waals surface area contributed by atoms with E-state index in [0.29, 0.717) is 17.2 Å². The van der Waals surface area contributed by atoms with Gasteiger partial charge in [-0.2, -0.15) is 0 Å². The molecule has 1 aliphatic carbocycles. The average Bonchev–Trinajstić information content (AvgIpc) is 2.82. The Morgan fingerprint density at radius 2 is 1.42 bits per heavy atom. The van der Waals surface area contributed by atoms with Gasteiger partial charge in [-0.05, 0) is 79.5 Å². The van der Waals surface area contributed by atoms with E-state index in [1.807, 2.05) is 12.1 Å². The molecule has 31 heavy (non-hydrogen) atoms. The molecule has 3 rings (SSSR count). The number of carbonyl (C=O) groups excluding carboxylic acids is 1. The van der Waals surface area contributed by atoms with Crippen molar-refractivity contribution < 1.29 is 14.3 Å². The van der Waals surface area contributed by atoms with E-state index >= 15 is 0 Å². The van der Waals surface area contributed by atoms with E-state index in [2.05, 4.69) is 19.1 Å². The Hall–Kier alpha value is -2.29. The van der Waals surface area contributed by atoms with Gasteiger partial charge in [0.25, 0.3) is 0 Å². The number of hydrogen-bond acceptors (Lipinski definition) is 3. The van der Waals surface area contributed by atoms with Gasteiger partial charge >= 0.3 is 5.97 Å². The Morgan fingerprint density at radius 1 is 0.806 bits per heavy atom. The van der Waals surface area contributed by atoms with Gasteiger partial charge in [0.1, 0.15) is 11.5 Å². The van der Waals surface area contributed by atoms with Crippen molar-refractivity contribution in [2.45, 2.75) is 83.5 Å². The smallest absolute Gasteiger partial charge is 0.343 e. The molecule has 0 aliphatic heterocycles. The van der Waals surface area contributed by atoms with E-state index in [4.69, 9.17) is 9.47 Å². The molecule has 1 aliphatic rings. The van der Waals surface area contributed by atoms with Crippen molar-refractivity contribution in [3.8, 4) is 11.5 Å². The van der Waals surface area contributed by atoms with E-state index in [-0.39, 0.29) is 5.97 Å². The molecule has 0 amide bonds. The zero-order chi connectivity index (χ0) is 21.9. The molecule has 1 fully saturated rings. The highest BCUT2D eigenvalue weighted by atomic mass is 16.5. The highest BCUT2D eigenvalue weighted by Gasteiger charge is 2.22. The molecule has 3 nitrogen and oxygen atoms in total. The minimum atomic E-state index is -0.320. The van der Waals surface area contributed by atoms with Crippen molar-refractivity contribution in [2.24, 2.45) is 5.92 Å². The van der Waals surface area contributed by atoms with Gasteiger partial charge in [0.05, 0.1) is 12.7 Å². The Balaban J connectivity index is 1.41. The van der Waals surface area contributed by atoms with Crippen molar-refractivity contribution in [1.82, 2.24) is 0 Å². The number of rotatable bonds is 11. The number of benzene rings is 2. The number of unbranched alkanes of at least 4 members (excludes halogenated alkanes) is 5. The van der Waals surface area contributed by atoms with Crippen LogP contribution in [0.5, 0.6) is 11.5 Å². The van der Waals surface area contributed by atoms with Crippen molar-refractivity contribution in [2.75, 3.05) is 7.11 Å². The van der Waals surface area contributed by atoms with Crippen LogP contribution < -0.4 is 9.47 Å². The minimum absolute atomic E-state index is 0.320. The van der Waals surface area contributed by atoms with Crippen LogP contribution in [0.4, 0.5) is 0 Å². The molecule has 0 spiro atoms. The topological polar surface area (TPSA) is 35.5 Å². The lowest BCUT2D eigenvalue weighted by atomic mass is 9.77. The Kier molecular flexibility index (Phi) is 9.45. The van der Waals surface area contributed by atoms with Crippen LogP contribution in [-0.4, -0.2) is 13.1 Å². The van der Waals surface area contributed by atoms with Crippen LogP contribution in [-0.2, 0) is 0 Å². The molecule has 0 radical (unpaired) electrons. The zero-order valence-corrected chi connectivity index (χ0v) is 19.3. The molecule has 0 saturated heterocycles. The Morgan fingerprint density at radius 3 is 2.06 bits per heavy atom. The molecule has 1 saturated carbocycles. The normalized spacial score (nSPS) is 18.5. The van der Waals surface area contributed by atoms with Crippen molar-refractivity contribution >= 4 is 5.97 Å². The summed E-state index contributed by atoms with van der Waals surface area (Å²) in [5.41, 5.74) is 1.95. The number of carbonyl (C=O) groups is 1. The lowest BCUT2D eigenvalue weighted by Crippen LogP contribution is -2.14. The summed E-state index contributed by atoms with van der Waals surface area (Å²) < 4.78 is 10.6. The van der Waals surface area contributed by atoms with Crippen LogP contribution in [0.3, 0.4) is 0 Å². The fourth-order valence-corrected chi connectivity index (χ4v) is 4.70. The number of hydrogen-bond donors (Lipinski definition) is 0. The van der Waals surface area contributed by atoms with E-state index in [9.17, 15) is 4.79 Å². The standard InChI is InChI=1S/C28H38O3/c1-3-4-5-6-7-8-9-22-10-12-23(13-11-22)24-14-16-25(17-15-24)28(29)31-27-20-18-26(30-2)19-21-27/h14-23H,3-13H2,1-2H3. The third-order valence-electron chi connectivity index (χ3n) is 6.70. The summed E-state index contributed by atoms with van der Waals surface area (Å²) in [6, 6.07) is 15.1. The van der Waals surface area contributed by atoms with Gasteiger partial charge in [-0.3, -0.25) is 0 Å². The summed E-state index contributed by atoms with van der Waals surface area (Å²) in [4.78, 5) is 12.4. The summed E-state index contributed by atoms with van der Waals surface area (Å²) in [5, 5.41) is 0. The second kappa shape index (κ2) is 12.5. The summed E-state index contributed by atoms with van der Waals surface area (Å²) in [5.74, 6) is 2.50. The van der Waals surface area contributed by atoms with E-state index < -0.39 is 0 Å². The Labute approximate surface area is 188 Å². The Bertz CT molecular complexity index is 771. The van der Waals surface area contributed by atoms with Crippen LogP contribution in [0.25, 0.3) is 0 Å². The first-order chi connectivity index (χ1) is 15.2. The van der Waals surface area contributed by atoms with Crippen LogP contribution in [0.15, 0.2) is 48.5 Å². The van der Waals surface area contributed by atoms with Crippen LogP contribution in [0.1, 0.15) is 99.4 Å². The molecule has 168 valence electrons. The fourth-order valence-electron chi connectivity index (χ4n) is 4.70. The quantitative estimate of drug-likeness (QED) is 0.209. The van der Waals surface area contributed by atoms with Gasteiger partial charge in [0.15, 0.2) is 0 Å². The molecule has 2 aromatic rings. The monoisotopic (exact) mass is 422 g/mol. The van der Waals surface area contributed by atoms with Crippen LogP contribution in [0, 0.1) is 5.92 Å². The summed E-state index contributed by atoms with van der Waals surface area (Å²) in [7, 11) is 1.62. The number of methoxy groups -OCH3 is 1. The third-order valence-corrected chi connectivity index (χ3v) is 6.70. The molecule has 0 atom stereocenters. The van der Waals surface area contributed by atoms with Gasteiger partial charge in [-0.25, -0.2) is 4.79 Å². The summed E-state index contributed by atoms with van der Waals surface area (Å²) in [6.07, 6.45) is 15.0. The molecule has 3 heteroatoms. The first-order valence-corrected chi connectivity index (χ1v) is 12.2. The molecular weight excluding hydrogens is 384 g/mol. The first-order valence-electron chi connectivity index (χ1n) is 12.2. The van der Waals surface area contributed by atoms with E-state index in [1.165, 1.54) is 76.2 Å². The maximum Gasteiger partial charge on any atom is 0.343 e. The fraction of sp³-hybridized carbons (Fsp3) is 0.536. The van der Waals surface area contributed by atoms with Crippen LogP contribution >= 0.6 is 0 Å². The largest absolute Gasteiger partial charge is 0.497 e. The van der Waals surface area contributed by atoms with Gasteiger partial charge in [-0.15, -0.1) is 0 Å².